The third-order valence-electron chi connectivity index (χ3n) is 5.54. The molecule has 1 atom stereocenters. The van der Waals surface area contributed by atoms with Crippen molar-refractivity contribution in [1.82, 2.24) is 19.5 Å². The minimum Gasteiger partial charge on any atom is -0.489 e. The van der Waals surface area contributed by atoms with Crippen molar-refractivity contribution < 1.29 is 4.74 Å². The number of rotatable bonds is 3. The zero-order chi connectivity index (χ0) is 20.0. The Morgan fingerprint density at radius 2 is 2.14 bits per heavy atom. The standard InChI is InChI=1S/C22H23N5O2/c1-22(2)11-24-21-26-19(17-7-8-23-13-25-17)16(20(28)27(21)12-22)10-15-9-14-5-3-4-6-18(14)29-15/h3-8,13,15H,9-12H2,1-2H3,(H,24,26). The van der Waals surface area contributed by atoms with Gasteiger partial charge in [-0.2, -0.15) is 0 Å². The number of ether oxygens (including phenoxy) is 1. The first-order valence-electron chi connectivity index (χ1n) is 9.89. The monoisotopic (exact) mass is 389 g/mol. The van der Waals surface area contributed by atoms with Crippen molar-refractivity contribution in [3.05, 3.63) is 64.3 Å². The van der Waals surface area contributed by atoms with Gasteiger partial charge >= 0.3 is 0 Å². The largest absolute Gasteiger partial charge is 0.489 e. The molecule has 0 aliphatic carbocycles. The number of anilines is 1. The van der Waals surface area contributed by atoms with Gasteiger partial charge in [-0.15, -0.1) is 0 Å². The molecule has 0 fully saturated rings. The summed E-state index contributed by atoms with van der Waals surface area (Å²) in [6.45, 7) is 5.68. The van der Waals surface area contributed by atoms with E-state index in [2.05, 4.69) is 35.2 Å². The smallest absolute Gasteiger partial charge is 0.258 e. The molecule has 4 heterocycles. The summed E-state index contributed by atoms with van der Waals surface area (Å²) in [6, 6.07) is 9.83. The summed E-state index contributed by atoms with van der Waals surface area (Å²) in [7, 11) is 0. The molecule has 0 saturated carbocycles. The maximum atomic E-state index is 13.5. The second-order valence-electron chi connectivity index (χ2n) is 8.52. The van der Waals surface area contributed by atoms with E-state index >= 15 is 0 Å². The molecule has 0 bridgehead atoms. The van der Waals surface area contributed by atoms with Crippen molar-refractivity contribution in [2.24, 2.45) is 5.41 Å². The molecule has 2 aliphatic rings. The molecule has 0 saturated heterocycles. The molecule has 1 N–H and O–H groups in total. The minimum atomic E-state index is -0.0919. The van der Waals surface area contributed by atoms with Crippen molar-refractivity contribution in [3.8, 4) is 17.1 Å². The maximum absolute atomic E-state index is 13.5. The van der Waals surface area contributed by atoms with Gasteiger partial charge in [0, 0.05) is 43.1 Å². The predicted octanol–water partition coefficient (Wildman–Crippen LogP) is 2.70. The van der Waals surface area contributed by atoms with Crippen molar-refractivity contribution in [2.45, 2.75) is 39.3 Å². The van der Waals surface area contributed by atoms with Crippen molar-refractivity contribution in [1.29, 1.82) is 0 Å². The van der Waals surface area contributed by atoms with E-state index in [1.165, 1.54) is 11.9 Å². The van der Waals surface area contributed by atoms with Crippen LogP contribution in [0.3, 0.4) is 0 Å². The van der Waals surface area contributed by atoms with Crippen LogP contribution in [0.15, 0.2) is 47.7 Å². The third-order valence-corrected chi connectivity index (χ3v) is 5.54. The molecule has 0 amide bonds. The zero-order valence-electron chi connectivity index (χ0n) is 16.6. The topological polar surface area (TPSA) is 81.9 Å². The van der Waals surface area contributed by atoms with Crippen LogP contribution < -0.4 is 15.6 Å². The van der Waals surface area contributed by atoms with Crippen LogP contribution in [0.2, 0.25) is 0 Å². The summed E-state index contributed by atoms with van der Waals surface area (Å²) >= 11 is 0. The molecular weight excluding hydrogens is 366 g/mol. The van der Waals surface area contributed by atoms with Gasteiger partial charge < -0.3 is 10.1 Å². The van der Waals surface area contributed by atoms with E-state index in [4.69, 9.17) is 9.72 Å². The first-order valence-corrected chi connectivity index (χ1v) is 9.89. The highest BCUT2D eigenvalue weighted by Crippen LogP contribution is 2.32. The van der Waals surface area contributed by atoms with Gasteiger partial charge in [-0.25, -0.2) is 15.0 Å². The minimum absolute atomic E-state index is 0.0215. The van der Waals surface area contributed by atoms with E-state index < -0.39 is 0 Å². The highest BCUT2D eigenvalue weighted by atomic mass is 16.5. The highest BCUT2D eigenvalue weighted by Gasteiger charge is 2.31. The lowest BCUT2D eigenvalue weighted by molar-refractivity contribution is 0.232. The number of para-hydroxylation sites is 1. The maximum Gasteiger partial charge on any atom is 0.258 e. The summed E-state index contributed by atoms with van der Waals surface area (Å²) in [5.41, 5.74) is 3.03. The van der Waals surface area contributed by atoms with Crippen LogP contribution in [0.25, 0.3) is 11.4 Å². The van der Waals surface area contributed by atoms with E-state index in [9.17, 15) is 4.79 Å². The highest BCUT2D eigenvalue weighted by molar-refractivity contribution is 5.60. The second-order valence-corrected chi connectivity index (χ2v) is 8.52. The van der Waals surface area contributed by atoms with Crippen molar-refractivity contribution in [3.63, 3.8) is 0 Å². The predicted molar refractivity (Wildman–Crippen MR) is 110 cm³/mol. The van der Waals surface area contributed by atoms with Gasteiger partial charge in [0.15, 0.2) is 0 Å². The fourth-order valence-electron chi connectivity index (χ4n) is 4.10. The van der Waals surface area contributed by atoms with Gasteiger partial charge in [-0.05, 0) is 17.7 Å². The molecule has 7 nitrogen and oxygen atoms in total. The SMILES string of the molecule is CC1(C)CNc2nc(-c3ccncn3)c(CC3Cc4ccccc4O3)c(=O)n2C1. The van der Waals surface area contributed by atoms with Crippen LogP contribution in [0.4, 0.5) is 5.95 Å². The van der Waals surface area contributed by atoms with Gasteiger partial charge in [-0.3, -0.25) is 9.36 Å². The first kappa shape index (κ1) is 17.8. The molecule has 0 spiro atoms. The molecule has 0 radical (unpaired) electrons. The lowest BCUT2D eigenvalue weighted by Crippen LogP contribution is -2.42. The summed E-state index contributed by atoms with van der Waals surface area (Å²) in [4.78, 5) is 26.7. The molecule has 2 aliphatic heterocycles. The number of fused-ring (bicyclic) bond motifs is 2. The number of nitrogens with zero attached hydrogens (tertiary/aromatic N) is 4. The van der Waals surface area contributed by atoms with Gasteiger partial charge in [0.25, 0.3) is 5.56 Å². The normalized spacial score (nSPS) is 19.0. The quantitative estimate of drug-likeness (QED) is 0.742. The van der Waals surface area contributed by atoms with Crippen LogP contribution in [0.1, 0.15) is 25.0 Å². The first-order chi connectivity index (χ1) is 14.0. The Kier molecular flexibility index (Phi) is 4.12. The van der Waals surface area contributed by atoms with Gasteiger partial charge in [-0.1, -0.05) is 32.0 Å². The Hall–Kier alpha value is -3.22. The summed E-state index contributed by atoms with van der Waals surface area (Å²) in [5.74, 6) is 1.50. The second kappa shape index (κ2) is 6.69. The summed E-state index contributed by atoms with van der Waals surface area (Å²) in [6.07, 6.45) is 4.33. The van der Waals surface area contributed by atoms with E-state index in [1.54, 1.807) is 16.8 Å². The Morgan fingerprint density at radius 3 is 2.93 bits per heavy atom. The van der Waals surface area contributed by atoms with Crippen LogP contribution in [0.5, 0.6) is 5.75 Å². The molecule has 7 heteroatoms. The lowest BCUT2D eigenvalue weighted by atomic mass is 9.91. The Bertz CT molecular complexity index is 1100. The molecule has 2 aromatic heterocycles. The lowest BCUT2D eigenvalue weighted by Gasteiger charge is -2.33. The van der Waals surface area contributed by atoms with Crippen LogP contribution >= 0.6 is 0 Å². The number of hydrogen-bond donors (Lipinski definition) is 1. The van der Waals surface area contributed by atoms with E-state index in [0.717, 1.165) is 18.7 Å². The summed E-state index contributed by atoms with van der Waals surface area (Å²) in [5, 5.41) is 3.32. The number of hydrogen-bond acceptors (Lipinski definition) is 6. The van der Waals surface area contributed by atoms with Crippen LogP contribution in [-0.2, 0) is 19.4 Å². The fourth-order valence-corrected chi connectivity index (χ4v) is 4.10. The van der Waals surface area contributed by atoms with Crippen LogP contribution in [0, 0.1) is 5.41 Å². The van der Waals surface area contributed by atoms with Gasteiger partial charge in [0.1, 0.15) is 23.9 Å². The van der Waals surface area contributed by atoms with E-state index in [-0.39, 0.29) is 17.1 Å². The number of aromatic nitrogens is 4. The van der Waals surface area contributed by atoms with Crippen LogP contribution in [-0.4, -0.2) is 32.2 Å². The van der Waals surface area contributed by atoms with Crippen molar-refractivity contribution >= 4 is 5.95 Å². The average molecular weight is 389 g/mol. The molecule has 148 valence electrons. The van der Waals surface area contributed by atoms with E-state index in [0.29, 0.717) is 35.9 Å². The number of nitrogens with one attached hydrogen (secondary N) is 1. The Labute approximate surface area is 168 Å². The number of benzene rings is 1. The van der Waals surface area contributed by atoms with Gasteiger partial charge in [0.05, 0.1) is 5.69 Å². The third kappa shape index (κ3) is 3.26. The molecular formula is C22H23N5O2. The molecule has 1 aromatic carbocycles. The van der Waals surface area contributed by atoms with Gasteiger partial charge in [0.2, 0.25) is 5.95 Å². The molecule has 5 rings (SSSR count). The Balaban J connectivity index is 1.58. The molecule has 3 aromatic rings. The van der Waals surface area contributed by atoms with Crippen molar-refractivity contribution in [2.75, 3.05) is 11.9 Å². The molecule has 29 heavy (non-hydrogen) atoms. The average Bonchev–Trinajstić information content (AvgIpc) is 3.13. The fraction of sp³-hybridized carbons (Fsp3) is 0.364. The zero-order valence-corrected chi connectivity index (χ0v) is 16.6. The van der Waals surface area contributed by atoms with E-state index in [1.807, 2.05) is 18.2 Å². The Morgan fingerprint density at radius 1 is 1.28 bits per heavy atom. The molecule has 1 unspecified atom stereocenters. The summed E-state index contributed by atoms with van der Waals surface area (Å²) < 4.78 is 7.87.